The van der Waals surface area contributed by atoms with Crippen LogP contribution in [0.25, 0.3) is 0 Å². The first kappa shape index (κ1) is 16.3. The van der Waals surface area contributed by atoms with Crippen LogP contribution in [-0.2, 0) is 4.79 Å². The molecule has 2 saturated carbocycles. The molecule has 1 amide bonds. The predicted molar refractivity (Wildman–Crippen MR) is 91.8 cm³/mol. The van der Waals surface area contributed by atoms with Crippen LogP contribution in [0.15, 0.2) is 5.16 Å². The largest absolute Gasteiger partial charge is 0.353 e. The standard InChI is InChI=1S/C16H26N6OS/c23-15(17-12-7-9-21(10-8-12)13-5-6-13)11-24-16-18-19-20-22(16)14-3-1-2-4-14/h12-14H,1-11H2,(H,17,23). The summed E-state index contributed by atoms with van der Waals surface area (Å²) in [6.45, 7) is 2.26. The van der Waals surface area contributed by atoms with Gasteiger partial charge in [-0.1, -0.05) is 24.6 Å². The van der Waals surface area contributed by atoms with Crippen LogP contribution < -0.4 is 5.32 Å². The number of carbonyl (C=O) groups excluding carboxylic acids is 1. The SMILES string of the molecule is O=C(CSc1nnnn1C1CCCC1)NC1CCN(C2CC2)CC1. The molecular weight excluding hydrogens is 324 g/mol. The lowest BCUT2D eigenvalue weighted by Gasteiger charge is -2.32. The van der Waals surface area contributed by atoms with E-state index in [0.29, 0.717) is 17.8 Å². The summed E-state index contributed by atoms with van der Waals surface area (Å²) in [7, 11) is 0. The Morgan fingerprint density at radius 1 is 1.08 bits per heavy atom. The van der Waals surface area contributed by atoms with Gasteiger partial charge >= 0.3 is 0 Å². The van der Waals surface area contributed by atoms with E-state index in [1.165, 1.54) is 37.4 Å². The van der Waals surface area contributed by atoms with Crippen LogP contribution in [0.2, 0.25) is 0 Å². The van der Waals surface area contributed by atoms with Crippen LogP contribution in [0.3, 0.4) is 0 Å². The molecule has 2 aliphatic carbocycles. The number of piperidine rings is 1. The fourth-order valence-corrected chi connectivity index (χ4v) is 4.66. The smallest absolute Gasteiger partial charge is 0.230 e. The van der Waals surface area contributed by atoms with Crippen LogP contribution in [-0.4, -0.2) is 61.9 Å². The van der Waals surface area contributed by atoms with Crippen LogP contribution in [0.4, 0.5) is 0 Å². The average molecular weight is 350 g/mol. The number of amides is 1. The molecule has 1 aliphatic heterocycles. The Hall–Kier alpha value is -1.15. The maximum Gasteiger partial charge on any atom is 0.230 e. The summed E-state index contributed by atoms with van der Waals surface area (Å²) in [6, 6.07) is 1.59. The highest BCUT2D eigenvalue weighted by molar-refractivity contribution is 7.99. The Labute approximate surface area is 146 Å². The first-order valence-electron chi connectivity index (χ1n) is 9.23. The van der Waals surface area contributed by atoms with Crippen molar-refractivity contribution in [1.82, 2.24) is 30.4 Å². The van der Waals surface area contributed by atoms with Crippen molar-refractivity contribution in [3.05, 3.63) is 0 Å². The van der Waals surface area contributed by atoms with Crippen molar-refractivity contribution in [2.24, 2.45) is 0 Å². The molecule has 0 bridgehead atoms. The Morgan fingerprint density at radius 3 is 2.54 bits per heavy atom. The van der Waals surface area contributed by atoms with Crippen molar-refractivity contribution < 1.29 is 4.79 Å². The molecule has 0 radical (unpaired) electrons. The summed E-state index contributed by atoms with van der Waals surface area (Å²) >= 11 is 1.46. The van der Waals surface area contributed by atoms with E-state index in [9.17, 15) is 4.79 Å². The Balaban J connectivity index is 1.21. The fraction of sp³-hybridized carbons (Fsp3) is 0.875. The van der Waals surface area contributed by atoms with Gasteiger partial charge in [0.05, 0.1) is 11.8 Å². The number of tetrazole rings is 1. The first-order valence-corrected chi connectivity index (χ1v) is 10.2. The van der Waals surface area contributed by atoms with Gasteiger partial charge in [0.2, 0.25) is 11.1 Å². The van der Waals surface area contributed by atoms with Gasteiger partial charge in [0.1, 0.15) is 0 Å². The molecule has 1 N–H and O–H groups in total. The second-order valence-corrected chi connectivity index (χ2v) is 8.18. The molecule has 0 atom stereocenters. The van der Waals surface area contributed by atoms with E-state index in [2.05, 4.69) is 25.7 Å². The highest BCUT2D eigenvalue weighted by atomic mass is 32.2. The summed E-state index contributed by atoms with van der Waals surface area (Å²) in [5.41, 5.74) is 0. The van der Waals surface area contributed by atoms with E-state index >= 15 is 0 Å². The molecule has 24 heavy (non-hydrogen) atoms. The molecule has 1 saturated heterocycles. The number of hydrogen-bond donors (Lipinski definition) is 1. The minimum absolute atomic E-state index is 0.103. The minimum atomic E-state index is 0.103. The van der Waals surface area contributed by atoms with Gasteiger partial charge in [0.15, 0.2) is 0 Å². The quantitative estimate of drug-likeness (QED) is 0.786. The van der Waals surface area contributed by atoms with Crippen LogP contribution in [0.5, 0.6) is 0 Å². The van der Waals surface area contributed by atoms with E-state index in [1.54, 1.807) is 0 Å². The summed E-state index contributed by atoms with van der Waals surface area (Å²) in [5, 5.41) is 16.0. The Morgan fingerprint density at radius 2 is 1.83 bits per heavy atom. The average Bonchev–Trinajstić information content (AvgIpc) is 3.10. The number of thioether (sulfide) groups is 1. The van der Waals surface area contributed by atoms with Crippen molar-refractivity contribution in [2.75, 3.05) is 18.8 Å². The molecule has 3 aliphatic rings. The van der Waals surface area contributed by atoms with E-state index < -0.39 is 0 Å². The zero-order chi connectivity index (χ0) is 16.4. The van der Waals surface area contributed by atoms with Crippen LogP contribution in [0.1, 0.15) is 57.4 Å². The molecule has 0 aromatic carbocycles. The summed E-state index contributed by atoms with van der Waals surface area (Å²) < 4.78 is 1.92. The Kier molecular flexibility index (Phi) is 5.03. The fourth-order valence-electron chi connectivity index (χ4n) is 3.91. The maximum absolute atomic E-state index is 12.2. The molecule has 3 fully saturated rings. The summed E-state index contributed by atoms with van der Waals surface area (Å²) in [6.07, 6.45) is 9.66. The molecule has 0 unspecified atom stereocenters. The number of nitrogens with zero attached hydrogens (tertiary/aromatic N) is 5. The van der Waals surface area contributed by atoms with E-state index in [-0.39, 0.29) is 5.91 Å². The first-order chi connectivity index (χ1) is 11.8. The van der Waals surface area contributed by atoms with Gasteiger partial charge in [-0.05, 0) is 49.0 Å². The molecule has 7 nitrogen and oxygen atoms in total. The zero-order valence-electron chi connectivity index (χ0n) is 14.1. The molecule has 132 valence electrons. The number of carbonyl (C=O) groups is 1. The topological polar surface area (TPSA) is 75.9 Å². The predicted octanol–water partition coefficient (Wildman–Crippen LogP) is 1.62. The highest BCUT2D eigenvalue weighted by Crippen LogP contribution is 2.31. The van der Waals surface area contributed by atoms with E-state index in [0.717, 1.165) is 50.0 Å². The van der Waals surface area contributed by atoms with Crippen molar-refractivity contribution >= 4 is 17.7 Å². The summed E-state index contributed by atoms with van der Waals surface area (Å²) in [4.78, 5) is 14.8. The number of hydrogen-bond acceptors (Lipinski definition) is 6. The maximum atomic E-state index is 12.2. The monoisotopic (exact) mass is 350 g/mol. The second-order valence-electron chi connectivity index (χ2n) is 7.24. The molecule has 1 aromatic rings. The van der Waals surface area contributed by atoms with E-state index in [1.807, 2.05) is 4.68 Å². The van der Waals surface area contributed by atoms with Gasteiger partial charge < -0.3 is 10.2 Å². The van der Waals surface area contributed by atoms with Gasteiger partial charge in [0.25, 0.3) is 0 Å². The number of nitrogens with one attached hydrogen (secondary N) is 1. The van der Waals surface area contributed by atoms with E-state index in [4.69, 9.17) is 0 Å². The second kappa shape index (κ2) is 7.39. The third-order valence-electron chi connectivity index (χ3n) is 5.42. The third-order valence-corrected chi connectivity index (χ3v) is 6.36. The highest BCUT2D eigenvalue weighted by Gasteiger charge is 2.32. The number of likely N-dealkylation sites (tertiary alicyclic amines) is 1. The molecule has 4 rings (SSSR count). The molecular formula is C16H26N6OS. The van der Waals surface area contributed by atoms with Gasteiger partial charge in [-0.2, -0.15) is 0 Å². The third kappa shape index (κ3) is 3.91. The molecule has 2 heterocycles. The number of aromatic nitrogens is 4. The van der Waals surface area contributed by atoms with Gasteiger partial charge in [0, 0.05) is 25.2 Å². The van der Waals surface area contributed by atoms with Crippen molar-refractivity contribution in [2.45, 2.75) is 74.6 Å². The zero-order valence-corrected chi connectivity index (χ0v) is 14.9. The molecule has 1 aromatic heterocycles. The Bertz CT molecular complexity index is 561. The van der Waals surface area contributed by atoms with Gasteiger partial charge in [-0.15, -0.1) is 5.10 Å². The van der Waals surface area contributed by atoms with Gasteiger partial charge in [-0.3, -0.25) is 4.79 Å². The lowest BCUT2D eigenvalue weighted by atomic mass is 10.1. The summed E-state index contributed by atoms with van der Waals surface area (Å²) in [5.74, 6) is 0.501. The van der Waals surface area contributed by atoms with Crippen LogP contribution in [0, 0.1) is 0 Å². The lowest BCUT2D eigenvalue weighted by Crippen LogP contribution is -2.45. The molecule has 0 spiro atoms. The molecule has 8 heteroatoms. The van der Waals surface area contributed by atoms with Crippen molar-refractivity contribution in [1.29, 1.82) is 0 Å². The normalized spacial score (nSPS) is 23.7. The number of rotatable bonds is 6. The van der Waals surface area contributed by atoms with Crippen LogP contribution >= 0.6 is 11.8 Å². The lowest BCUT2D eigenvalue weighted by molar-refractivity contribution is -0.119. The van der Waals surface area contributed by atoms with Crippen molar-refractivity contribution in [3.63, 3.8) is 0 Å². The van der Waals surface area contributed by atoms with Crippen molar-refractivity contribution in [3.8, 4) is 0 Å². The van der Waals surface area contributed by atoms with Gasteiger partial charge in [-0.25, -0.2) is 4.68 Å². The minimum Gasteiger partial charge on any atom is -0.353 e.